The Kier molecular flexibility index (Phi) is 5.20. The van der Waals surface area contributed by atoms with E-state index in [2.05, 4.69) is 38.1 Å². The van der Waals surface area contributed by atoms with Gasteiger partial charge in [0, 0.05) is 21.8 Å². The van der Waals surface area contributed by atoms with Gasteiger partial charge in [-0.1, -0.05) is 68.4 Å². The maximum Gasteiger partial charge on any atom is 0.200 e. The van der Waals surface area contributed by atoms with Gasteiger partial charge < -0.3 is 4.57 Å². The van der Waals surface area contributed by atoms with Crippen LogP contribution in [-0.2, 0) is 5.41 Å². The first-order valence-electron chi connectivity index (χ1n) is 12.9. The summed E-state index contributed by atoms with van der Waals surface area (Å²) in [6, 6.07) is 25.7. The molecule has 0 saturated carbocycles. The highest BCUT2D eigenvalue weighted by molar-refractivity contribution is 6.12. The monoisotopic (exact) mass is 550 g/mol. The molecule has 0 saturated heterocycles. The Balaban J connectivity index is 1.66. The number of nitrogens with zero attached hydrogens (tertiary/aromatic N) is 2. The lowest BCUT2D eigenvalue weighted by Gasteiger charge is -2.22. The molecule has 200 valence electrons. The molecule has 7 rings (SSSR count). The lowest BCUT2D eigenvalue weighted by Crippen LogP contribution is -2.15. The topological polar surface area (TPSA) is 28.7 Å². The van der Waals surface area contributed by atoms with Crippen molar-refractivity contribution in [1.82, 2.24) is 4.57 Å². The van der Waals surface area contributed by atoms with Crippen molar-refractivity contribution in [2.75, 3.05) is 0 Å². The van der Waals surface area contributed by atoms with Crippen molar-refractivity contribution in [3.8, 4) is 34.0 Å². The minimum atomic E-state index is -2.24. The molecule has 1 heterocycles. The first-order valence-corrected chi connectivity index (χ1v) is 12.9. The van der Waals surface area contributed by atoms with Gasteiger partial charge in [0.1, 0.15) is 6.07 Å². The maximum absolute atomic E-state index is 15.2. The summed E-state index contributed by atoms with van der Waals surface area (Å²) in [6.07, 6.45) is 0. The molecule has 7 heteroatoms. The van der Waals surface area contributed by atoms with E-state index in [-0.39, 0.29) is 22.2 Å². The Labute approximate surface area is 231 Å². The Hall–Kier alpha value is -4.96. The van der Waals surface area contributed by atoms with Gasteiger partial charge in [-0.25, -0.2) is 22.0 Å². The lowest BCUT2D eigenvalue weighted by molar-refractivity contribution is 0.381. The van der Waals surface area contributed by atoms with Crippen molar-refractivity contribution in [2.24, 2.45) is 0 Å². The quantitative estimate of drug-likeness (QED) is 0.120. The largest absolute Gasteiger partial charge is 0.307 e. The summed E-state index contributed by atoms with van der Waals surface area (Å²) in [5.41, 5.74) is 3.86. The van der Waals surface area contributed by atoms with Gasteiger partial charge in [-0.05, 0) is 46.5 Å². The number of aromatic nitrogens is 1. The Morgan fingerprint density at radius 2 is 1.24 bits per heavy atom. The second-order valence-corrected chi connectivity index (χ2v) is 10.7. The first kappa shape index (κ1) is 25.0. The molecule has 0 radical (unpaired) electrons. The van der Waals surface area contributed by atoms with E-state index in [1.54, 1.807) is 16.7 Å². The molecule has 1 aromatic heterocycles. The molecular formula is C34H19F5N2. The molecule has 2 nitrogen and oxygen atoms in total. The fraction of sp³-hybridized carbons (Fsp3) is 0.0882. The molecule has 41 heavy (non-hydrogen) atoms. The third-order valence-corrected chi connectivity index (χ3v) is 8.24. The molecule has 0 atom stereocenters. The molecule has 0 aliphatic heterocycles. The van der Waals surface area contributed by atoms with Gasteiger partial charge in [-0.3, -0.25) is 0 Å². The van der Waals surface area contributed by atoms with Gasteiger partial charge in [-0.2, -0.15) is 5.26 Å². The molecule has 1 aliphatic rings. The summed E-state index contributed by atoms with van der Waals surface area (Å²) in [6.45, 7) is 4.22. The van der Waals surface area contributed by atoms with Crippen LogP contribution >= 0.6 is 0 Å². The van der Waals surface area contributed by atoms with Crippen molar-refractivity contribution in [3.63, 3.8) is 0 Å². The smallest absolute Gasteiger partial charge is 0.200 e. The zero-order valence-electron chi connectivity index (χ0n) is 21.8. The van der Waals surface area contributed by atoms with Crippen LogP contribution in [0, 0.1) is 40.4 Å². The van der Waals surface area contributed by atoms with Crippen LogP contribution < -0.4 is 0 Å². The van der Waals surface area contributed by atoms with Crippen LogP contribution in [0.4, 0.5) is 22.0 Å². The molecule has 0 spiro atoms. The third kappa shape index (κ3) is 3.22. The Morgan fingerprint density at radius 3 is 1.98 bits per heavy atom. The maximum atomic E-state index is 15.2. The zero-order chi connectivity index (χ0) is 28.8. The van der Waals surface area contributed by atoms with E-state index >= 15 is 8.78 Å². The normalized spacial score (nSPS) is 13.4. The number of fused-ring (bicyclic) bond motifs is 6. The summed E-state index contributed by atoms with van der Waals surface area (Å²) in [5.74, 6) is -10.3. The van der Waals surface area contributed by atoms with E-state index in [4.69, 9.17) is 0 Å². The molecule has 0 bridgehead atoms. The van der Waals surface area contributed by atoms with Gasteiger partial charge in [-0.15, -0.1) is 0 Å². The highest BCUT2D eigenvalue weighted by Gasteiger charge is 2.36. The van der Waals surface area contributed by atoms with E-state index in [0.29, 0.717) is 11.0 Å². The van der Waals surface area contributed by atoms with Gasteiger partial charge >= 0.3 is 0 Å². The summed E-state index contributed by atoms with van der Waals surface area (Å²) in [5, 5.41) is 11.8. The SMILES string of the molecule is CC1(C)c2ccccc2-c2cc3c4ccccc4n(-c4c(C#N)cccc4-c4c(F)c(F)c(F)c(F)c4F)c3cc21. The molecule has 0 unspecified atom stereocenters. The van der Waals surface area contributed by atoms with Crippen LogP contribution in [0.1, 0.15) is 30.5 Å². The summed E-state index contributed by atoms with van der Waals surface area (Å²) < 4.78 is 74.8. The minimum absolute atomic E-state index is 0.0112. The van der Waals surface area contributed by atoms with Crippen LogP contribution in [0.15, 0.2) is 78.9 Å². The number of nitriles is 1. The van der Waals surface area contributed by atoms with E-state index in [1.807, 2.05) is 30.3 Å². The molecule has 0 N–H and O–H groups in total. The average Bonchev–Trinajstić information content (AvgIpc) is 3.42. The molecule has 1 aliphatic carbocycles. The number of benzene rings is 5. The van der Waals surface area contributed by atoms with E-state index < -0.39 is 34.6 Å². The first-order chi connectivity index (χ1) is 19.7. The number of rotatable bonds is 2. The van der Waals surface area contributed by atoms with Crippen LogP contribution in [0.5, 0.6) is 0 Å². The average molecular weight is 551 g/mol. The molecule has 5 aromatic carbocycles. The van der Waals surface area contributed by atoms with Crippen molar-refractivity contribution in [3.05, 3.63) is 125 Å². The number of hydrogen-bond donors (Lipinski definition) is 0. The van der Waals surface area contributed by atoms with Crippen molar-refractivity contribution in [1.29, 1.82) is 5.26 Å². The van der Waals surface area contributed by atoms with E-state index in [0.717, 1.165) is 33.0 Å². The fourth-order valence-electron chi connectivity index (χ4n) is 6.32. The van der Waals surface area contributed by atoms with Crippen molar-refractivity contribution < 1.29 is 22.0 Å². The second kappa shape index (κ2) is 8.52. The summed E-state index contributed by atoms with van der Waals surface area (Å²) >= 11 is 0. The lowest BCUT2D eigenvalue weighted by atomic mass is 9.82. The Morgan fingerprint density at radius 1 is 0.610 bits per heavy atom. The highest BCUT2D eigenvalue weighted by atomic mass is 19.2. The van der Waals surface area contributed by atoms with Crippen LogP contribution in [-0.4, -0.2) is 4.57 Å². The molecule has 6 aromatic rings. The van der Waals surface area contributed by atoms with Crippen LogP contribution in [0.3, 0.4) is 0 Å². The third-order valence-electron chi connectivity index (χ3n) is 8.24. The summed E-state index contributed by atoms with van der Waals surface area (Å²) in [4.78, 5) is 0. The number of halogens is 5. The number of hydrogen-bond acceptors (Lipinski definition) is 1. The molecule has 0 amide bonds. The summed E-state index contributed by atoms with van der Waals surface area (Å²) in [7, 11) is 0. The second-order valence-electron chi connectivity index (χ2n) is 10.7. The van der Waals surface area contributed by atoms with Crippen molar-refractivity contribution in [2.45, 2.75) is 19.3 Å². The van der Waals surface area contributed by atoms with Crippen LogP contribution in [0.25, 0.3) is 49.7 Å². The zero-order valence-corrected chi connectivity index (χ0v) is 21.8. The van der Waals surface area contributed by atoms with Crippen LogP contribution in [0.2, 0.25) is 0 Å². The Bertz CT molecular complexity index is 2120. The van der Waals surface area contributed by atoms with E-state index in [9.17, 15) is 18.4 Å². The number of para-hydroxylation sites is 2. The van der Waals surface area contributed by atoms with Gasteiger partial charge in [0.2, 0.25) is 5.82 Å². The highest BCUT2D eigenvalue weighted by Crippen LogP contribution is 2.51. The predicted octanol–water partition coefficient (Wildman–Crippen LogP) is 9.32. The fourth-order valence-corrected chi connectivity index (χ4v) is 6.32. The molecular weight excluding hydrogens is 531 g/mol. The standard InChI is InChI=1S/C34H19F5N2/c1-34(2)23-12-5-3-9-18(23)21-14-22-19-10-4-6-13-25(19)41(26(22)15-24(21)34)33-17(16-40)8-7-11-20(33)27-28(35)30(37)32(39)31(38)29(27)36/h3-15H,1-2H3. The van der Waals surface area contributed by atoms with E-state index in [1.165, 1.54) is 18.2 Å². The van der Waals surface area contributed by atoms with Gasteiger partial charge in [0.25, 0.3) is 0 Å². The van der Waals surface area contributed by atoms with Crippen molar-refractivity contribution >= 4 is 21.8 Å². The molecule has 0 fully saturated rings. The minimum Gasteiger partial charge on any atom is -0.307 e. The van der Waals surface area contributed by atoms with Gasteiger partial charge in [0.05, 0.1) is 27.8 Å². The van der Waals surface area contributed by atoms with Gasteiger partial charge in [0.15, 0.2) is 23.3 Å². The predicted molar refractivity (Wildman–Crippen MR) is 148 cm³/mol.